The van der Waals surface area contributed by atoms with E-state index in [9.17, 15) is 9.18 Å². The minimum Gasteiger partial charge on any atom is -0.352 e. The van der Waals surface area contributed by atoms with Crippen molar-refractivity contribution in [3.05, 3.63) is 34.6 Å². The van der Waals surface area contributed by atoms with E-state index in [1.807, 2.05) is 13.8 Å². The first-order valence-corrected chi connectivity index (χ1v) is 7.81. The van der Waals surface area contributed by atoms with Crippen molar-refractivity contribution in [1.29, 1.82) is 0 Å². The molecule has 1 fully saturated rings. The normalized spacial score (nSPS) is 21.2. The Kier molecular flexibility index (Phi) is 4.89. The van der Waals surface area contributed by atoms with Crippen molar-refractivity contribution < 1.29 is 9.18 Å². The Balaban J connectivity index is 2.06. The van der Waals surface area contributed by atoms with Gasteiger partial charge in [0.1, 0.15) is 5.82 Å². The van der Waals surface area contributed by atoms with Gasteiger partial charge >= 0.3 is 0 Å². The molecule has 1 saturated carbocycles. The average Bonchev–Trinajstić information content (AvgIpc) is 3.20. The Morgan fingerprint density at radius 1 is 1.48 bits per heavy atom. The smallest absolute Gasteiger partial charge is 0.227 e. The fraction of sp³-hybridized carbons (Fsp3) is 0.562. The molecule has 0 saturated heterocycles. The topological polar surface area (TPSA) is 55.1 Å². The number of halogens is 2. The van der Waals surface area contributed by atoms with Crippen LogP contribution in [0.4, 0.5) is 4.39 Å². The zero-order valence-electron chi connectivity index (χ0n) is 12.5. The lowest BCUT2D eigenvalue weighted by Crippen LogP contribution is -2.46. The van der Waals surface area contributed by atoms with Crippen LogP contribution in [0.15, 0.2) is 18.2 Å². The van der Waals surface area contributed by atoms with Crippen molar-refractivity contribution >= 4 is 17.5 Å². The van der Waals surface area contributed by atoms with Crippen LogP contribution in [-0.4, -0.2) is 18.5 Å². The van der Waals surface area contributed by atoms with Crippen LogP contribution in [0.3, 0.4) is 0 Å². The average molecular weight is 313 g/mol. The van der Waals surface area contributed by atoms with E-state index in [0.29, 0.717) is 30.0 Å². The first-order chi connectivity index (χ1) is 9.99. The van der Waals surface area contributed by atoms with E-state index in [1.165, 1.54) is 6.07 Å². The Hall–Kier alpha value is -1.13. The van der Waals surface area contributed by atoms with E-state index in [-0.39, 0.29) is 23.7 Å². The summed E-state index contributed by atoms with van der Waals surface area (Å²) in [5.74, 6) is -0.373. The molecule has 1 aromatic carbocycles. The molecule has 5 heteroatoms. The van der Waals surface area contributed by atoms with Gasteiger partial charge in [0.05, 0.1) is 5.41 Å². The third kappa shape index (κ3) is 3.06. The van der Waals surface area contributed by atoms with Gasteiger partial charge in [0.25, 0.3) is 0 Å². The molecule has 2 rings (SSSR count). The number of benzene rings is 1. The van der Waals surface area contributed by atoms with Crippen LogP contribution in [0.25, 0.3) is 0 Å². The maximum atomic E-state index is 13.9. The minimum atomic E-state index is -0.522. The van der Waals surface area contributed by atoms with Crippen LogP contribution in [0, 0.1) is 11.2 Å². The van der Waals surface area contributed by atoms with Crippen LogP contribution in [0.5, 0.6) is 0 Å². The van der Waals surface area contributed by atoms with Gasteiger partial charge in [-0.15, -0.1) is 0 Å². The lowest BCUT2D eigenvalue weighted by atomic mass is 9.81. The minimum absolute atomic E-state index is 0.0324. The molecule has 1 amide bonds. The molecule has 0 aromatic heterocycles. The number of hydrogen-bond acceptors (Lipinski definition) is 2. The van der Waals surface area contributed by atoms with Crippen molar-refractivity contribution in [3.63, 3.8) is 0 Å². The zero-order chi connectivity index (χ0) is 15.6. The predicted octanol–water partition coefficient (Wildman–Crippen LogP) is 3.22. The maximum absolute atomic E-state index is 13.9. The number of nitrogens with one attached hydrogen (secondary N) is 1. The quantitative estimate of drug-likeness (QED) is 0.847. The molecule has 2 atom stereocenters. The van der Waals surface area contributed by atoms with E-state index >= 15 is 0 Å². The van der Waals surface area contributed by atoms with Gasteiger partial charge in [0.15, 0.2) is 0 Å². The molecule has 3 N–H and O–H groups in total. The van der Waals surface area contributed by atoms with E-state index in [2.05, 4.69) is 5.32 Å². The predicted molar refractivity (Wildman–Crippen MR) is 82.8 cm³/mol. The second-order valence-corrected chi connectivity index (χ2v) is 6.16. The van der Waals surface area contributed by atoms with E-state index in [1.54, 1.807) is 12.1 Å². The van der Waals surface area contributed by atoms with E-state index < -0.39 is 5.41 Å². The van der Waals surface area contributed by atoms with E-state index in [0.717, 1.165) is 6.42 Å². The highest BCUT2D eigenvalue weighted by Gasteiger charge is 2.45. The lowest BCUT2D eigenvalue weighted by Gasteiger charge is -2.28. The van der Waals surface area contributed by atoms with Gasteiger partial charge in [0, 0.05) is 29.1 Å². The standard InChI is InChI=1S/C16H22ClFN2O/c1-3-16(4-2,9-19)15(21)20-13-8-10(13)14-11(17)6-5-7-12(14)18/h5-7,10,13H,3-4,8-9,19H2,1-2H3,(H,20,21). The number of carbonyl (C=O) groups excluding carboxylic acids is 1. The third-order valence-corrected chi connectivity index (χ3v) is 5.03. The van der Waals surface area contributed by atoms with Crippen LogP contribution in [0.1, 0.15) is 44.6 Å². The van der Waals surface area contributed by atoms with Crippen molar-refractivity contribution in [2.45, 2.75) is 45.1 Å². The van der Waals surface area contributed by atoms with Crippen LogP contribution < -0.4 is 11.1 Å². The first-order valence-electron chi connectivity index (χ1n) is 7.44. The van der Waals surface area contributed by atoms with Crippen molar-refractivity contribution in [2.24, 2.45) is 11.1 Å². The second kappa shape index (κ2) is 6.32. The van der Waals surface area contributed by atoms with Crippen LogP contribution in [0.2, 0.25) is 5.02 Å². The monoisotopic (exact) mass is 312 g/mol. The molecule has 0 spiro atoms. The summed E-state index contributed by atoms with van der Waals surface area (Å²) in [6, 6.07) is 4.63. The van der Waals surface area contributed by atoms with Crippen molar-refractivity contribution in [3.8, 4) is 0 Å². The van der Waals surface area contributed by atoms with Crippen molar-refractivity contribution in [2.75, 3.05) is 6.54 Å². The molecule has 116 valence electrons. The SMILES string of the molecule is CCC(CC)(CN)C(=O)NC1CC1c1c(F)cccc1Cl. The summed E-state index contributed by atoms with van der Waals surface area (Å²) >= 11 is 6.07. The largest absolute Gasteiger partial charge is 0.352 e. The molecular formula is C16H22ClFN2O. The summed E-state index contributed by atoms with van der Waals surface area (Å²) in [7, 11) is 0. The second-order valence-electron chi connectivity index (χ2n) is 5.75. The highest BCUT2D eigenvalue weighted by molar-refractivity contribution is 6.31. The molecule has 2 unspecified atom stereocenters. The number of carbonyl (C=O) groups is 1. The van der Waals surface area contributed by atoms with Gasteiger partial charge in [-0.1, -0.05) is 31.5 Å². The van der Waals surface area contributed by atoms with Crippen LogP contribution >= 0.6 is 11.6 Å². The van der Waals surface area contributed by atoms with Crippen molar-refractivity contribution in [1.82, 2.24) is 5.32 Å². The van der Waals surface area contributed by atoms with Gasteiger partial charge in [0.2, 0.25) is 5.91 Å². The van der Waals surface area contributed by atoms with Gasteiger partial charge in [-0.05, 0) is 31.4 Å². The van der Waals surface area contributed by atoms with E-state index in [4.69, 9.17) is 17.3 Å². The summed E-state index contributed by atoms with van der Waals surface area (Å²) in [5.41, 5.74) is 5.77. The molecule has 1 aliphatic carbocycles. The van der Waals surface area contributed by atoms with Gasteiger partial charge in [-0.3, -0.25) is 4.79 Å². The summed E-state index contributed by atoms with van der Waals surface area (Å²) in [6.07, 6.45) is 2.12. The fourth-order valence-electron chi connectivity index (χ4n) is 2.81. The highest BCUT2D eigenvalue weighted by atomic mass is 35.5. The zero-order valence-corrected chi connectivity index (χ0v) is 13.2. The Morgan fingerprint density at radius 2 is 2.14 bits per heavy atom. The molecule has 3 nitrogen and oxygen atoms in total. The third-order valence-electron chi connectivity index (χ3n) is 4.70. The molecule has 0 aliphatic heterocycles. The number of amides is 1. The Labute approximate surface area is 130 Å². The molecule has 1 aliphatic rings. The molecule has 0 heterocycles. The molecule has 0 radical (unpaired) electrons. The molecular weight excluding hydrogens is 291 g/mol. The van der Waals surface area contributed by atoms with Gasteiger partial charge in [-0.2, -0.15) is 0 Å². The van der Waals surface area contributed by atoms with Gasteiger partial charge < -0.3 is 11.1 Å². The summed E-state index contributed by atoms with van der Waals surface area (Å²) < 4.78 is 13.9. The first kappa shape index (κ1) is 16.2. The molecule has 21 heavy (non-hydrogen) atoms. The summed E-state index contributed by atoms with van der Waals surface area (Å²) in [5, 5.41) is 3.43. The number of nitrogens with two attached hydrogens (primary N) is 1. The molecule has 1 aromatic rings. The summed E-state index contributed by atoms with van der Waals surface area (Å²) in [6.45, 7) is 4.26. The lowest BCUT2D eigenvalue weighted by molar-refractivity contribution is -0.131. The Bertz CT molecular complexity index is 502. The maximum Gasteiger partial charge on any atom is 0.227 e. The number of hydrogen-bond donors (Lipinski definition) is 2. The van der Waals surface area contributed by atoms with Crippen LogP contribution in [-0.2, 0) is 4.79 Å². The fourth-order valence-corrected chi connectivity index (χ4v) is 3.12. The highest BCUT2D eigenvalue weighted by Crippen LogP contribution is 2.45. The molecule has 0 bridgehead atoms. The van der Waals surface area contributed by atoms with Gasteiger partial charge in [-0.25, -0.2) is 4.39 Å². The summed E-state index contributed by atoms with van der Waals surface area (Å²) in [4.78, 5) is 12.4. The Morgan fingerprint density at radius 3 is 2.67 bits per heavy atom. The number of rotatable bonds is 6.